The van der Waals surface area contributed by atoms with Gasteiger partial charge < -0.3 is 5.73 Å². The molecule has 0 rings (SSSR count). The third-order valence-corrected chi connectivity index (χ3v) is 2.51. The summed E-state index contributed by atoms with van der Waals surface area (Å²) in [6.45, 7) is 8.16. The maximum absolute atomic E-state index is 13.9. The predicted octanol–water partition coefficient (Wildman–Crippen LogP) is 2.75. The van der Waals surface area contributed by atoms with Gasteiger partial charge in [-0.1, -0.05) is 27.7 Å². The van der Waals surface area contributed by atoms with Crippen molar-refractivity contribution >= 4 is 0 Å². The fourth-order valence-corrected chi connectivity index (χ4v) is 1.16. The molecule has 0 spiro atoms. The van der Waals surface area contributed by atoms with E-state index in [1.54, 1.807) is 0 Å². The summed E-state index contributed by atoms with van der Waals surface area (Å²) in [5.74, 6) is 0.590. The topological polar surface area (TPSA) is 26.0 Å². The quantitative estimate of drug-likeness (QED) is 0.683. The lowest BCUT2D eigenvalue weighted by Gasteiger charge is -2.28. The fourth-order valence-electron chi connectivity index (χ4n) is 1.16. The van der Waals surface area contributed by atoms with Crippen LogP contribution in [0.15, 0.2) is 0 Å². The molecule has 1 atom stereocenters. The molecular weight excluding hydrogens is 153 g/mol. The predicted molar refractivity (Wildman–Crippen MR) is 51.8 cm³/mol. The van der Waals surface area contributed by atoms with E-state index < -0.39 is 5.67 Å². The van der Waals surface area contributed by atoms with E-state index in [1.807, 2.05) is 13.8 Å². The number of halogens is 1. The van der Waals surface area contributed by atoms with Gasteiger partial charge in [0.2, 0.25) is 0 Å². The smallest absolute Gasteiger partial charge is 0.125 e. The molecule has 0 saturated heterocycles. The van der Waals surface area contributed by atoms with Crippen LogP contribution >= 0.6 is 0 Å². The molecule has 2 heteroatoms. The third kappa shape index (κ3) is 3.53. The first-order valence-corrected chi connectivity index (χ1v) is 4.81. The van der Waals surface area contributed by atoms with E-state index in [2.05, 4.69) is 13.8 Å². The van der Waals surface area contributed by atoms with Crippen molar-refractivity contribution in [3.8, 4) is 0 Å². The van der Waals surface area contributed by atoms with Gasteiger partial charge in [-0.3, -0.25) is 0 Å². The highest BCUT2D eigenvalue weighted by Crippen LogP contribution is 2.27. The Bertz CT molecular complexity index is 123. The van der Waals surface area contributed by atoms with Crippen molar-refractivity contribution in [1.82, 2.24) is 0 Å². The Hall–Kier alpha value is -0.110. The summed E-state index contributed by atoms with van der Waals surface area (Å²) in [6, 6.07) is 0. The van der Waals surface area contributed by atoms with E-state index in [1.165, 1.54) is 0 Å². The highest BCUT2D eigenvalue weighted by Gasteiger charge is 2.31. The Kier molecular flexibility index (Phi) is 4.76. The summed E-state index contributed by atoms with van der Waals surface area (Å²) in [7, 11) is 0. The summed E-state index contributed by atoms with van der Waals surface area (Å²) in [6.07, 6.45) is 1.52. The Morgan fingerprint density at radius 3 is 2.00 bits per heavy atom. The van der Waals surface area contributed by atoms with Crippen molar-refractivity contribution in [3.63, 3.8) is 0 Å². The fraction of sp³-hybridized carbons (Fsp3) is 1.00. The van der Waals surface area contributed by atoms with Gasteiger partial charge in [-0.15, -0.1) is 0 Å². The van der Waals surface area contributed by atoms with Gasteiger partial charge in [0.1, 0.15) is 5.67 Å². The summed E-state index contributed by atoms with van der Waals surface area (Å²) in [4.78, 5) is 0. The number of hydrogen-bond donors (Lipinski definition) is 1. The average Bonchev–Trinajstić information content (AvgIpc) is 1.99. The normalized spacial score (nSPS) is 17.0. The van der Waals surface area contributed by atoms with Crippen LogP contribution in [-0.4, -0.2) is 12.2 Å². The van der Waals surface area contributed by atoms with E-state index in [0.717, 1.165) is 6.42 Å². The molecule has 1 unspecified atom stereocenters. The van der Waals surface area contributed by atoms with E-state index in [9.17, 15) is 4.39 Å². The van der Waals surface area contributed by atoms with Crippen molar-refractivity contribution in [2.75, 3.05) is 6.54 Å². The van der Waals surface area contributed by atoms with Crippen LogP contribution in [0.5, 0.6) is 0 Å². The maximum atomic E-state index is 13.9. The van der Waals surface area contributed by atoms with Crippen molar-refractivity contribution in [3.05, 3.63) is 0 Å². The molecule has 0 radical (unpaired) electrons. The molecule has 0 aromatic heterocycles. The zero-order valence-electron chi connectivity index (χ0n) is 8.73. The van der Waals surface area contributed by atoms with Crippen LogP contribution in [-0.2, 0) is 0 Å². The summed E-state index contributed by atoms with van der Waals surface area (Å²) >= 11 is 0. The SMILES string of the molecule is CC(C)CCC(F)(CN)C(C)C. The summed E-state index contributed by atoms with van der Waals surface area (Å²) in [5, 5.41) is 0. The largest absolute Gasteiger partial charge is 0.328 e. The van der Waals surface area contributed by atoms with Crippen LogP contribution in [0.1, 0.15) is 40.5 Å². The molecular formula is C10H22FN. The van der Waals surface area contributed by atoms with Gasteiger partial charge in [-0.25, -0.2) is 4.39 Å². The van der Waals surface area contributed by atoms with Gasteiger partial charge >= 0.3 is 0 Å². The number of hydrogen-bond acceptors (Lipinski definition) is 1. The van der Waals surface area contributed by atoms with Crippen molar-refractivity contribution < 1.29 is 4.39 Å². The monoisotopic (exact) mass is 175 g/mol. The Labute approximate surface area is 75.5 Å². The third-order valence-electron chi connectivity index (χ3n) is 2.51. The standard InChI is InChI=1S/C10H22FN/c1-8(2)5-6-10(11,7-12)9(3)4/h8-9H,5-7,12H2,1-4H3. The van der Waals surface area contributed by atoms with Gasteiger partial charge in [0.15, 0.2) is 0 Å². The number of nitrogens with two attached hydrogens (primary N) is 1. The minimum absolute atomic E-state index is 0.0289. The average molecular weight is 175 g/mol. The summed E-state index contributed by atoms with van der Waals surface area (Å²) < 4.78 is 13.9. The van der Waals surface area contributed by atoms with Gasteiger partial charge in [0, 0.05) is 6.54 Å². The maximum Gasteiger partial charge on any atom is 0.125 e. The van der Waals surface area contributed by atoms with Crippen molar-refractivity contribution in [1.29, 1.82) is 0 Å². The molecule has 0 aliphatic heterocycles. The molecule has 0 aromatic rings. The van der Waals surface area contributed by atoms with Crippen molar-refractivity contribution in [2.45, 2.75) is 46.2 Å². The molecule has 0 amide bonds. The van der Waals surface area contributed by atoms with Crippen LogP contribution < -0.4 is 5.73 Å². The lowest BCUT2D eigenvalue weighted by Crippen LogP contribution is -2.38. The highest BCUT2D eigenvalue weighted by molar-refractivity contribution is 4.83. The second-order valence-electron chi connectivity index (χ2n) is 4.33. The second kappa shape index (κ2) is 4.80. The second-order valence-corrected chi connectivity index (χ2v) is 4.33. The van der Waals surface area contributed by atoms with Crippen LogP contribution in [0, 0.1) is 11.8 Å². The van der Waals surface area contributed by atoms with Crippen molar-refractivity contribution in [2.24, 2.45) is 17.6 Å². The minimum atomic E-state index is -1.15. The first kappa shape index (κ1) is 11.9. The Morgan fingerprint density at radius 2 is 1.75 bits per heavy atom. The van der Waals surface area contributed by atoms with Crippen LogP contribution in [0.3, 0.4) is 0 Å². The van der Waals surface area contributed by atoms with E-state index in [4.69, 9.17) is 5.73 Å². The molecule has 0 saturated carbocycles. The first-order chi connectivity index (χ1) is 5.42. The molecule has 1 nitrogen and oxygen atoms in total. The molecule has 74 valence electrons. The zero-order valence-corrected chi connectivity index (χ0v) is 8.73. The molecule has 12 heavy (non-hydrogen) atoms. The lowest BCUT2D eigenvalue weighted by molar-refractivity contribution is 0.0916. The Morgan fingerprint density at radius 1 is 1.25 bits per heavy atom. The number of alkyl halides is 1. The molecule has 0 fully saturated rings. The van der Waals surface area contributed by atoms with Crippen LogP contribution in [0.25, 0.3) is 0 Å². The minimum Gasteiger partial charge on any atom is -0.328 e. The van der Waals surface area contributed by atoms with E-state index in [-0.39, 0.29) is 12.5 Å². The van der Waals surface area contributed by atoms with Gasteiger partial charge in [-0.05, 0) is 24.7 Å². The molecule has 0 bridgehead atoms. The van der Waals surface area contributed by atoms with E-state index >= 15 is 0 Å². The molecule has 0 heterocycles. The lowest BCUT2D eigenvalue weighted by atomic mass is 9.86. The number of rotatable bonds is 5. The zero-order chi connectivity index (χ0) is 9.78. The first-order valence-electron chi connectivity index (χ1n) is 4.81. The summed E-state index contributed by atoms with van der Waals surface area (Å²) in [5.41, 5.74) is 4.27. The van der Waals surface area contributed by atoms with Gasteiger partial charge in [0.25, 0.3) is 0 Å². The molecule has 0 aliphatic carbocycles. The highest BCUT2D eigenvalue weighted by atomic mass is 19.1. The van der Waals surface area contributed by atoms with Crippen LogP contribution in [0.4, 0.5) is 4.39 Å². The van der Waals surface area contributed by atoms with E-state index in [0.29, 0.717) is 12.3 Å². The Balaban J connectivity index is 3.97. The van der Waals surface area contributed by atoms with Gasteiger partial charge in [0.05, 0.1) is 0 Å². The molecule has 2 N–H and O–H groups in total. The van der Waals surface area contributed by atoms with Gasteiger partial charge in [-0.2, -0.15) is 0 Å². The molecule has 0 aliphatic rings. The molecule has 0 aromatic carbocycles. The van der Waals surface area contributed by atoms with Crippen LogP contribution in [0.2, 0.25) is 0 Å².